The highest BCUT2D eigenvalue weighted by Gasteiger charge is 2.13. The van der Waals surface area contributed by atoms with Crippen molar-refractivity contribution in [3.63, 3.8) is 0 Å². The van der Waals surface area contributed by atoms with Crippen molar-refractivity contribution in [2.45, 2.75) is 20.0 Å². The fourth-order valence-electron chi connectivity index (χ4n) is 2.11. The predicted octanol–water partition coefficient (Wildman–Crippen LogP) is 2.37. The number of benzene rings is 1. The van der Waals surface area contributed by atoms with Gasteiger partial charge in [-0.2, -0.15) is 16.1 Å². The van der Waals surface area contributed by atoms with Gasteiger partial charge in [0.15, 0.2) is 0 Å². The van der Waals surface area contributed by atoms with Gasteiger partial charge in [0.05, 0.1) is 0 Å². The van der Waals surface area contributed by atoms with E-state index in [2.05, 4.69) is 15.4 Å². The summed E-state index contributed by atoms with van der Waals surface area (Å²) in [4.78, 5) is 15.3. The van der Waals surface area contributed by atoms with Crippen LogP contribution >= 0.6 is 11.3 Å². The number of tetrazole rings is 1. The smallest absolute Gasteiger partial charge is 0.246 e. The zero-order chi connectivity index (χ0) is 16.2. The molecule has 1 aromatic carbocycles. The van der Waals surface area contributed by atoms with Crippen molar-refractivity contribution in [1.29, 1.82) is 0 Å². The normalized spacial score (nSPS) is 10.7. The van der Waals surface area contributed by atoms with Crippen LogP contribution in [0.3, 0.4) is 0 Å². The number of hydrogen-bond acceptors (Lipinski definition) is 5. The molecule has 118 valence electrons. The van der Waals surface area contributed by atoms with Gasteiger partial charge in [0, 0.05) is 24.5 Å². The molecule has 2 aromatic heterocycles. The highest BCUT2D eigenvalue weighted by molar-refractivity contribution is 7.08. The number of likely N-dealkylation sites (N-methyl/N-ethyl adjacent to an activating group) is 1. The Labute approximate surface area is 138 Å². The van der Waals surface area contributed by atoms with E-state index >= 15 is 0 Å². The zero-order valence-corrected chi connectivity index (χ0v) is 13.8. The second kappa shape index (κ2) is 6.70. The lowest BCUT2D eigenvalue weighted by molar-refractivity contribution is -0.131. The van der Waals surface area contributed by atoms with Crippen molar-refractivity contribution in [3.05, 3.63) is 52.2 Å². The van der Waals surface area contributed by atoms with Crippen LogP contribution in [-0.4, -0.2) is 38.1 Å². The second-order valence-electron chi connectivity index (χ2n) is 5.39. The molecule has 23 heavy (non-hydrogen) atoms. The Morgan fingerprint density at radius 1 is 1.26 bits per heavy atom. The van der Waals surface area contributed by atoms with E-state index in [1.807, 2.05) is 48.0 Å². The van der Waals surface area contributed by atoms with Crippen LogP contribution in [0, 0.1) is 6.92 Å². The molecule has 0 radical (unpaired) electrons. The minimum absolute atomic E-state index is 0.0557. The summed E-state index contributed by atoms with van der Waals surface area (Å²) in [5.74, 6) is 0.486. The average molecular weight is 327 g/mol. The molecular formula is C16H17N5OS. The Morgan fingerprint density at radius 2 is 2.04 bits per heavy atom. The van der Waals surface area contributed by atoms with Gasteiger partial charge >= 0.3 is 0 Å². The lowest BCUT2D eigenvalue weighted by Crippen LogP contribution is -2.30. The van der Waals surface area contributed by atoms with Gasteiger partial charge in [-0.15, -0.1) is 10.2 Å². The van der Waals surface area contributed by atoms with Crippen molar-refractivity contribution in [2.24, 2.45) is 0 Å². The lowest BCUT2D eigenvalue weighted by atomic mass is 10.1. The number of hydrogen-bond donors (Lipinski definition) is 0. The first kappa shape index (κ1) is 15.4. The molecule has 6 nitrogen and oxygen atoms in total. The van der Waals surface area contributed by atoms with Crippen molar-refractivity contribution in [1.82, 2.24) is 25.1 Å². The van der Waals surface area contributed by atoms with Gasteiger partial charge in [0.25, 0.3) is 0 Å². The maximum Gasteiger partial charge on any atom is 0.246 e. The van der Waals surface area contributed by atoms with Gasteiger partial charge in [0.1, 0.15) is 6.54 Å². The number of aryl methyl sites for hydroxylation is 1. The maximum absolute atomic E-state index is 12.3. The summed E-state index contributed by atoms with van der Waals surface area (Å²) in [6.45, 7) is 2.69. The number of thiophene rings is 1. The molecule has 0 atom stereocenters. The molecule has 0 saturated carbocycles. The summed E-state index contributed by atoms with van der Waals surface area (Å²) in [6, 6.07) is 10.1. The molecule has 0 spiro atoms. The van der Waals surface area contributed by atoms with E-state index in [1.54, 1.807) is 23.3 Å². The van der Waals surface area contributed by atoms with E-state index in [1.165, 1.54) is 10.4 Å². The van der Waals surface area contributed by atoms with Gasteiger partial charge in [-0.1, -0.05) is 29.8 Å². The molecule has 0 aliphatic carbocycles. The third-order valence-corrected chi connectivity index (χ3v) is 4.16. The van der Waals surface area contributed by atoms with Gasteiger partial charge in [-0.25, -0.2) is 0 Å². The SMILES string of the molecule is Cc1ccc(CN(C)C(=O)Cn2nnc(-c3ccsc3)n2)cc1. The van der Waals surface area contributed by atoms with Gasteiger partial charge in [0.2, 0.25) is 11.7 Å². The largest absolute Gasteiger partial charge is 0.340 e. The summed E-state index contributed by atoms with van der Waals surface area (Å²) < 4.78 is 0. The monoisotopic (exact) mass is 327 g/mol. The molecular weight excluding hydrogens is 310 g/mol. The fraction of sp³-hybridized carbons (Fsp3) is 0.250. The zero-order valence-electron chi connectivity index (χ0n) is 13.0. The third kappa shape index (κ3) is 3.81. The Bertz CT molecular complexity index is 779. The number of nitrogens with zero attached hydrogens (tertiary/aromatic N) is 5. The topological polar surface area (TPSA) is 63.9 Å². The Morgan fingerprint density at radius 3 is 2.74 bits per heavy atom. The fourth-order valence-corrected chi connectivity index (χ4v) is 2.75. The molecule has 0 N–H and O–H groups in total. The van der Waals surface area contributed by atoms with Crippen LogP contribution in [0.1, 0.15) is 11.1 Å². The third-order valence-electron chi connectivity index (χ3n) is 3.47. The summed E-state index contributed by atoms with van der Waals surface area (Å²) in [6.07, 6.45) is 0. The van der Waals surface area contributed by atoms with E-state index in [4.69, 9.17) is 0 Å². The predicted molar refractivity (Wildman–Crippen MR) is 88.8 cm³/mol. The van der Waals surface area contributed by atoms with E-state index in [0.717, 1.165) is 11.1 Å². The summed E-state index contributed by atoms with van der Waals surface area (Å²) in [7, 11) is 1.78. The highest BCUT2D eigenvalue weighted by atomic mass is 32.1. The molecule has 0 bridgehead atoms. The number of aromatic nitrogens is 4. The van der Waals surface area contributed by atoms with Crippen LogP contribution in [0.4, 0.5) is 0 Å². The summed E-state index contributed by atoms with van der Waals surface area (Å²) in [5, 5.41) is 16.1. The molecule has 0 fully saturated rings. The number of carbonyl (C=O) groups is 1. The molecule has 3 rings (SSSR count). The molecule has 3 aromatic rings. The number of carbonyl (C=O) groups excluding carboxylic acids is 1. The van der Waals surface area contributed by atoms with Gasteiger partial charge in [-0.05, 0) is 29.1 Å². The van der Waals surface area contributed by atoms with E-state index < -0.39 is 0 Å². The minimum Gasteiger partial charge on any atom is -0.340 e. The molecule has 0 aliphatic rings. The summed E-state index contributed by atoms with van der Waals surface area (Å²) >= 11 is 1.57. The van der Waals surface area contributed by atoms with Crippen molar-refractivity contribution >= 4 is 17.2 Å². The number of rotatable bonds is 5. The standard InChI is InChI=1S/C16H17N5OS/c1-12-3-5-13(6-4-12)9-20(2)15(22)10-21-18-16(17-19-21)14-7-8-23-11-14/h3-8,11H,9-10H2,1-2H3. The van der Waals surface area contributed by atoms with Crippen LogP contribution in [-0.2, 0) is 17.9 Å². The Kier molecular flexibility index (Phi) is 4.47. The lowest BCUT2D eigenvalue weighted by Gasteiger charge is -2.16. The van der Waals surface area contributed by atoms with E-state index in [-0.39, 0.29) is 12.5 Å². The molecule has 0 saturated heterocycles. The van der Waals surface area contributed by atoms with Crippen molar-refractivity contribution < 1.29 is 4.79 Å². The maximum atomic E-state index is 12.3. The molecule has 7 heteroatoms. The first-order valence-corrected chi connectivity index (χ1v) is 8.16. The quantitative estimate of drug-likeness (QED) is 0.722. The highest BCUT2D eigenvalue weighted by Crippen LogP contribution is 2.16. The van der Waals surface area contributed by atoms with Crippen LogP contribution in [0.5, 0.6) is 0 Å². The number of amides is 1. The average Bonchev–Trinajstić information content (AvgIpc) is 3.20. The Balaban J connectivity index is 1.61. The van der Waals surface area contributed by atoms with E-state index in [9.17, 15) is 4.79 Å². The minimum atomic E-state index is -0.0557. The van der Waals surface area contributed by atoms with Crippen LogP contribution < -0.4 is 0 Å². The van der Waals surface area contributed by atoms with Crippen molar-refractivity contribution in [3.8, 4) is 11.4 Å². The Hall–Kier alpha value is -2.54. The first-order valence-electron chi connectivity index (χ1n) is 7.22. The molecule has 0 aliphatic heterocycles. The molecule has 2 heterocycles. The van der Waals surface area contributed by atoms with Crippen LogP contribution in [0.25, 0.3) is 11.4 Å². The van der Waals surface area contributed by atoms with E-state index in [0.29, 0.717) is 12.4 Å². The molecule has 1 amide bonds. The van der Waals surface area contributed by atoms with Gasteiger partial charge in [-0.3, -0.25) is 4.79 Å². The second-order valence-corrected chi connectivity index (χ2v) is 6.17. The van der Waals surface area contributed by atoms with Gasteiger partial charge < -0.3 is 4.90 Å². The first-order chi connectivity index (χ1) is 11.1. The van der Waals surface area contributed by atoms with Crippen LogP contribution in [0.2, 0.25) is 0 Å². The van der Waals surface area contributed by atoms with Crippen molar-refractivity contribution in [2.75, 3.05) is 7.05 Å². The molecule has 0 unspecified atom stereocenters. The van der Waals surface area contributed by atoms with Crippen LogP contribution in [0.15, 0.2) is 41.1 Å². The summed E-state index contributed by atoms with van der Waals surface area (Å²) in [5.41, 5.74) is 3.22.